The topological polar surface area (TPSA) is 127 Å². The maximum absolute atomic E-state index is 11.0. The van der Waals surface area contributed by atoms with Crippen LogP contribution in [0.4, 0.5) is 0 Å². The maximum Gasteiger partial charge on any atom is 0.321 e. The first-order valence-corrected chi connectivity index (χ1v) is 3.24. The zero-order valence-corrected chi connectivity index (χ0v) is 6.31. The minimum Gasteiger partial charge on any atom is -0.316 e. The lowest BCUT2D eigenvalue weighted by atomic mass is 9.96. The van der Waals surface area contributed by atoms with Gasteiger partial charge >= 0.3 is 5.70 Å². The summed E-state index contributed by atoms with van der Waals surface area (Å²) in [6.07, 6.45) is 0.561. The van der Waals surface area contributed by atoms with Crippen LogP contribution in [-0.2, 0) is 9.59 Å². The fraction of sp³-hybridized carbons (Fsp3) is 0.167. The van der Waals surface area contributed by atoms with E-state index in [0.29, 0.717) is 6.08 Å². The summed E-state index contributed by atoms with van der Waals surface area (Å²) in [4.78, 5) is 31.0. The van der Waals surface area contributed by atoms with Gasteiger partial charge in [0.25, 0.3) is 5.78 Å². The Labute approximate surface area is 71.9 Å². The third-order valence-corrected chi connectivity index (χ3v) is 1.57. The molecule has 1 rings (SSSR count). The van der Waals surface area contributed by atoms with Gasteiger partial charge in [-0.05, 0) is 0 Å². The lowest BCUT2D eigenvalue weighted by Crippen LogP contribution is -2.46. The smallest absolute Gasteiger partial charge is 0.316 e. The number of nitro groups is 1. The van der Waals surface area contributed by atoms with Crippen molar-refractivity contribution in [2.75, 3.05) is 0 Å². The summed E-state index contributed by atoms with van der Waals surface area (Å²) in [5.74, 6) is -1.89. The minimum atomic E-state index is -1.36. The van der Waals surface area contributed by atoms with E-state index in [4.69, 9.17) is 11.1 Å². The van der Waals surface area contributed by atoms with Gasteiger partial charge in [-0.2, -0.15) is 0 Å². The normalized spacial score (nSPS) is 23.0. The number of carbonyl (C=O) groups excluding carboxylic acids is 2. The molecule has 1 atom stereocenters. The van der Waals surface area contributed by atoms with Gasteiger partial charge in [-0.3, -0.25) is 25.1 Å². The molecule has 0 aromatic carbocycles. The molecule has 0 amide bonds. The van der Waals surface area contributed by atoms with E-state index >= 15 is 0 Å². The predicted octanol–water partition coefficient (Wildman–Crippen LogP) is -1.35. The molecule has 7 heteroatoms. The number of nitrogens with two attached hydrogens (primary N) is 1. The van der Waals surface area contributed by atoms with Crippen LogP contribution in [0.5, 0.6) is 0 Å². The summed E-state index contributed by atoms with van der Waals surface area (Å²) in [6, 6.07) is -1.36. The van der Waals surface area contributed by atoms with E-state index in [1.54, 1.807) is 0 Å². The molecule has 1 aliphatic carbocycles. The van der Waals surface area contributed by atoms with Crippen LogP contribution >= 0.6 is 0 Å². The Kier molecular flexibility index (Phi) is 2.03. The van der Waals surface area contributed by atoms with E-state index in [1.165, 1.54) is 0 Å². The Hall–Kier alpha value is -1.89. The number of nitrogens with zero attached hydrogens (tertiary/aromatic N) is 1. The van der Waals surface area contributed by atoms with Crippen molar-refractivity contribution in [1.82, 2.24) is 0 Å². The van der Waals surface area contributed by atoms with Crippen LogP contribution in [0.1, 0.15) is 0 Å². The van der Waals surface area contributed by atoms with Crippen LogP contribution in [0.25, 0.3) is 0 Å². The molecule has 0 aliphatic heterocycles. The lowest BCUT2D eigenvalue weighted by molar-refractivity contribution is -0.418. The molecule has 0 saturated carbocycles. The second-order valence-electron chi connectivity index (χ2n) is 2.41. The van der Waals surface area contributed by atoms with Crippen LogP contribution < -0.4 is 5.73 Å². The zero-order valence-electron chi connectivity index (χ0n) is 6.31. The highest BCUT2D eigenvalue weighted by Crippen LogP contribution is 2.08. The zero-order chi connectivity index (χ0) is 10.2. The molecule has 0 radical (unpaired) electrons. The molecule has 1 unspecified atom stereocenters. The van der Waals surface area contributed by atoms with Gasteiger partial charge in [0.2, 0.25) is 0 Å². The molecule has 0 saturated heterocycles. The third-order valence-electron chi connectivity index (χ3n) is 1.57. The molecule has 7 nitrogen and oxygen atoms in total. The molecular weight excluding hydrogens is 178 g/mol. The lowest BCUT2D eigenvalue weighted by Gasteiger charge is -2.11. The number of ketones is 2. The first-order valence-electron chi connectivity index (χ1n) is 3.24. The van der Waals surface area contributed by atoms with Crippen LogP contribution in [0.2, 0.25) is 0 Å². The number of hydrogen-bond acceptors (Lipinski definition) is 6. The fourth-order valence-corrected chi connectivity index (χ4v) is 0.847. The number of allylic oxidation sites excluding steroid dienone is 1. The monoisotopic (exact) mass is 183 g/mol. The van der Waals surface area contributed by atoms with Gasteiger partial charge in [-0.25, -0.2) is 0 Å². The standard InChI is InChI=1S/C6H5N3O4/c7-4-3(10)1-2(9(12)13)6(11)5(4)8/h1,4,8H,7H2. The first-order chi connectivity index (χ1) is 5.95. The Morgan fingerprint density at radius 3 is 2.54 bits per heavy atom. The maximum atomic E-state index is 11.0. The van der Waals surface area contributed by atoms with E-state index in [0.717, 1.165) is 0 Å². The molecule has 0 fully saturated rings. The second kappa shape index (κ2) is 2.87. The summed E-state index contributed by atoms with van der Waals surface area (Å²) in [6.45, 7) is 0. The van der Waals surface area contributed by atoms with Crippen molar-refractivity contribution in [1.29, 1.82) is 5.41 Å². The number of hydrogen-bond donors (Lipinski definition) is 2. The minimum absolute atomic E-state index is 0.561. The van der Waals surface area contributed by atoms with Crippen LogP contribution in [0.15, 0.2) is 11.8 Å². The van der Waals surface area contributed by atoms with Gasteiger partial charge in [0.15, 0.2) is 5.78 Å². The van der Waals surface area contributed by atoms with Crippen molar-refractivity contribution in [3.8, 4) is 0 Å². The number of Topliss-reactive ketones (excluding diaryl/α,β-unsaturated/α-hetero) is 1. The molecule has 1 aliphatic rings. The van der Waals surface area contributed by atoms with Gasteiger partial charge < -0.3 is 5.73 Å². The summed E-state index contributed by atoms with van der Waals surface area (Å²) in [5, 5.41) is 17.2. The Morgan fingerprint density at radius 2 is 2.08 bits per heavy atom. The molecule has 68 valence electrons. The van der Waals surface area contributed by atoms with Crippen molar-refractivity contribution in [3.63, 3.8) is 0 Å². The second-order valence-corrected chi connectivity index (χ2v) is 2.41. The summed E-state index contributed by atoms with van der Waals surface area (Å²) >= 11 is 0. The summed E-state index contributed by atoms with van der Waals surface area (Å²) < 4.78 is 0. The number of nitrogens with one attached hydrogen (secondary N) is 1. The van der Waals surface area contributed by atoms with Crippen molar-refractivity contribution in [3.05, 3.63) is 21.9 Å². The van der Waals surface area contributed by atoms with E-state index in [1.807, 2.05) is 0 Å². The molecule has 3 N–H and O–H groups in total. The quantitative estimate of drug-likeness (QED) is 0.383. The van der Waals surface area contributed by atoms with Crippen molar-refractivity contribution < 1.29 is 14.5 Å². The highest BCUT2D eigenvalue weighted by molar-refractivity contribution is 6.52. The van der Waals surface area contributed by atoms with Crippen LogP contribution in [0, 0.1) is 15.5 Å². The third kappa shape index (κ3) is 1.36. The molecule has 0 bridgehead atoms. The predicted molar refractivity (Wildman–Crippen MR) is 40.8 cm³/mol. The number of carbonyl (C=O) groups is 2. The molecule has 0 aromatic heterocycles. The van der Waals surface area contributed by atoms with Gasteiger partial charge in [0.05, 0.1) is 11.0 Å². The summed E-state index contributed by atoms with van der Waals surface area (Å²) in [7, 11) is 0. The molecular formula is C6H5N3O4. The molecule has 13 heavy (non-hydrogen) atoms. The van der Waals surface area contributed by atoms with Crippen molar-refractivity contribution >= 4 is 17.3 Å². The SMILES string of the molecule is N=C1C(=O)C([N+](=O)[O-])=CC(=O)C1N. The Bertz CT molecular complexity index is 357. The number of rotatable bonds is 1. The highest BCUT2D eigenvalue weighted by atomic mass is 16.6. The molecule has 0 aromatic rings. The Balaban J connectivity index is 3.20. The van der Waals surface area contributed by atoms with E-state index < -0.39 is 33.9 Å². The van der Waals surface area contributed by atoms with Gasteiger partial charge in [0, 0.05) is 0 Å². The van der Waals surface area contributed by atoms with E-state index in [-0.39, 0.29) is 0 Å². The van der Waals surface area contributed by atoms with Crippen LogP contribution in [0.3, 0.4) is 0 Å². The average molecular weight is 183 g/mol. The van der Waals surface area contributed by atoms with Crippen LogP contribution in [-0.4, -0.2) is 28.2 Å². The fourth-order valence-electron chi connectivity index (χ4n) is 0.847. The molecule has 0 spiro atoms. The van der Waals surface area contributed by atoms with E-state index in [2.05, 4.69) is 0 Å². The molecule has 0 heterocycles. The largest absolute Gasteiger partial charge is 0.321 e. The van der Waals surface area contributed by atoms with Crippen molar-refractivity contribution in [2.45, 2.75) is 6.04 Å². The average Bonchev–Trinajstić information content (AvgIpc) is 2.07. The Morgan fingerprint density at radius 1 is 1.54 bits per heavy atom. The van der Waals surface area contributed by atoms with Gasteiger partial charge in [0.1, 0.15) is 11.8 Å². The summed E-state index contributed by atoms with van der Waals surface area (Å²) in [5.41, 5.74) is 3.48. The highest BCUT2D eigenvalue weighted by Gasteiger charge is 2.37. The van der Waals surface area contributed by atoms with Gasteiger partial charge in [-0.1, -0.05) is 0 Å². The van der Waals surface area contributed by atoms with Gasteiger partial charge in [-0.15, -0.1) is 0 Å². The van der Waals surface area contributed by atoms with Crippen molar-refractivity contribution in [2.24, 2.45) is 5.73 Å². The van der Waals surface area contributed by atoms with E-state index in [9.17, 15) is 19.7 Å². The first kappa shape index (κ1) is 9.20.